The number of hydrogen-bond donors (Lipinski definition) is 0. The number of nitro benzene ring substituents is 1. The Morgan fingerprint density at radius 2 is 1.78 bits per heavy atom. The number of rotatable bonds is 4. The monoisotopic (exact) mass is 312 g/mol. The van der Waals surface area contributed by atoms with E-state index in [1.54, 1.807) is 24.3 Å². The van der Waals surface area contributed by atoms with Crippen LogP contribution in [-0.2, 0) is 0 Å². The van der Waals surface area contributed by atoms with Gasteiger partial charge in [-0.1, -0.05) is 0 Å². The average molecular weight is 312 g/mol. The largest absolute Gasteiger partial charge is 0.292 e. The molecule has 23 heavy (non-hydrogen) atoms. The predicted molar refractivity (Wildman–Crippen MR) is 90.8 cm³/mol. The van der Waals surface area contributed by atoms with Crippen LogP contribution in [0.2, 0.25) is 0 Å². The highest BCUT2D eigenvalue weighted by atomic mass is 16.6. The third-order valence-electron chi connectivity index (χ3n) is 6.30. The maximum absolute atomic E-state index is 10.7. The Balaban J connectivity index is 1.44. The summed E-state index contributed by atoms with van der Waals surface area (Å²) >= 11 is 0. The van der Waals surface area contributed by atoms with Gasteiger partial charge in [-0.3, -0.25) is 15.1 Å². The standard InChI is InChI=1S/C19H24N2O2/c22-21(23)18-3-1-14(2-4-18)12-20-13-19-6-5-15-7-16(10-19)9-17(8-15)11-19/h1-4,12,15-17H,5-11,13H2/t15?,16-,17-,19?/m0/s1. The third-order valence-corrected chi connectivity index (χ3v) is 6.30. The molecule has 0 amide bonds. The maximum atomic E-state index is 10.7. The lowest BCUT2D eigenvalue weighted by molar-refractivity contribution is -0.384. The molecule has 1 aromatic rings. The summed E-state index contributed by atoms with van der Waals surface area (Å²) in [6.45, 7) is 0.934. The van der Waals surface area contributed by atoms with E-state index < -0.39 is 0 Å². The summed E-state index contributed by atoms with van der Waals surface area (Å²) in [6, 6.07) is 6.67. The first-order valence-corrected chi connectivity index (χ1v) is 8.86. The van der Waals surface area contributed by atoms with Gasteiger partial charge in [0.1, 0.15) is 0 Å². The molecule has 4 nitrogen and oxygen atoms in total. The van der Waals surface area contributed by atoms with Crippen molar-refractivity contribution in [3.8, 4) is 0 Å². The SMILES string of the molecule is O=[N+]([O-])c1ccc(C=NCC23CCC4C[C@@H](C[C@H](C4)C2)C3)cc1. The van der Waals surface area contributed by atoms with Crippen LogP contribution < -0.4 is 0 Å². The van der Waals surface area contributed by atoms with Crippen molar-refractivity contribution in [1.82, 2.24) is 0 Å². The van der Waals surface area contributed by atoms with Gasteiger partial charge in [-0.15, -0.1) is 0 Å². The van der Waals surface area contributed by atoms with Crippen LogP contribution in [0.25, 0.3) is 0 Å². The normalized spacial score (nSPS) is 35.6. The van der Waals surface area contributed by atoms with Gasteiger partial charge in [-0.05, 0) is 85.8 Å². The predicted octanol–water partition coefficient (Wildman–Crippen LogP) is 4.62. The van der Waals surface area contributed by atoms with E-state index >= 15 is 0 Å². The van der Waals surface area contributed by atoms with Crippen LogP contribution in [-0.4, -0.2) is 17.7 Å². The molecule has 0 aliphatic heterocycles. The maximum Gasteiger partial charge on any atom is 0.269 e. The number of aliphatic imine (C=N–C) groups is 1. The van der Waals surface area contributed by atoms with Crippen LogP contribution in [0.15, 0.2) is 29.3 Å². The van der Waals surface area contributed by atoms with E-state index in [9.17, 15) is 10.1 Å². The van der Waals surface area contributed by atoms with E-state index in [4.69, 9.17) is 4.99 Å². The van der Waals surface area contributed by atoms with E-state index in [2.05, 4.69) is 0 Å². The molecule has 4 fully saturated rings. The van der Waals surface area contributed by atoms with Gasteiger partial charge in [-0.2, -0.15) is 0 Å². The number of nitro groups is 1. The van der Waals surface area contributed by atoms with E-state index in [1.807, 2.05) is 6.21 Å². The molecule has 4 aliphatic carbocycles. The minimum Gasteiger partial charge on any atom is -0.292 e. The fraction of sp³-hybridized carbons (Fsp3) is 0.632. The number of non-ortho nitro benzene ring substituents is 1. The van der Waals surface area contributed by atoms with E-state index in [0.29, 0.717) is 5.41 Å². The molecule has 2 atom stereocenters. The molecular formula is C19H24N2O2. The third kappa shape index (κ3) is 3.04. The molecule has 4 heteroatoms. The van der Waals surface area contributed by atoms with Crippen LogP contribution in [0, 0.1) is 33.3 Å². The highest BCUT2D eigenvalue weighted by Gasteiger charge is 2.47. The van der Waals surface area contributed by atoms with Gasteiger partial charge in [0.2, 0.25) is 0 Å². The molecule has 0 saturated heterocycles. The summed E-state index contributed by atoms with van der Waals surface area (Å²) in [4.78, 5) is 15.1. The molecule has 0 unspecified atom stereocenters. The first kappa shape index (κ1) is 14.9. The van der Waals surface area contributed by atoms with Crippen LogP contribution >= 0.6 is 0 Å². The van der Waals surface area contributed by atoms with Crippen LogP contribution in [0.4, 0.5) is 5.69 Å². The fourth-order valence-electron chi connectivity index (χ4n) is 5.53. The van der Waals surface area contributed by atoms with Gasteiger partial charge in [0.25, 0.3) is 5.69 Å². The Morgan fingerprint density at radius 3 is 2.43 bits per heavy atom. The fourth-order valence-corrected chi connectivity index (χ4v) is 5.53. The second kappa shape index (κ2) is 5.73. The molecule has 0 heterocycles. The highest BCUT2D eigenvalue weighted by molar-refractivity contribution is 5.79. The van der Waals surface area contributed by atoms with Crippen LogP contribution in [0.5, 0.6) is 0 Å². The molecule has 0 aromatic heterocycles. The Kier molecular flexibility index (Phi) is 3.70. The average Bonchev–Trinajstić information content (AvgIpc) is 2.72. The zero-order valence-corrected chi connectivity index (χ0v) is 13.5. The minimum absolute atomic E-state index is 0.138. The summed E-state index contributed by atoms with van der Waals surface area (Å²) in [5.74, 6) is 2.89. The van der Waals surface area contributed by atoms with Gasteiger partial charge in [0.15, 0.2) is 0 Å². The molecule has 122 valence electrons. The summed E-state index contributed by atoms with van der Waals surface area (Å²) in [6.07, 6.45) is 11.8. The Labute approximate surface area is 137 Å². The lowest BCUT2D eigenvalue weighted by atomic mass is 9.61. The van der Waals surface area contributed by atoms with Crippen LogP contribution in [0.3, 0.4) is 0 Å². The smallest absolute Gasteiger partial charge is 0.269 e. The van der Waals surface area contributed by atoms with Crippen molar-refractivity contribution < 1.29 is 4.92 Å². The van der Waals surface area contributed by atoms with Crippen molar-refractivity contribution in [2.45, 2.75) is 44.9 Å². The number of hydrogen-bond acceptors (Lipinski definition) is 3. The van der Waals surface area contributed by atoms with Gasteiger partial charge in [-0.25, -0.2) is 0 Å². The van der Waals surface area contributed by atoms with Crippen molar-refractivity contribution in [3.63, 3.8) is 0 Å². The number of nitrogens with zero attached hydrogens (tertiary/aromatic N) is 2. The summed E-state index contributed by atoms with van der Waals surface area (Å²) in [7, 11) is 0. The lowest BCUT2D eigenvalue weighted by Gasteiger charge is -2.44. The van der Waals surface area contributed by atoms with Gasteiger partial charge < -0.3 is 0 Å². The molecule has 4 aliphatic rings. The highest BCUT2D eigenvalue weighted by Crippen LogP contribution is 2.57. The van der Waals surface area contributed by atoms with Crippen molar-refractivity contribution in [3.05, 3.63) is 39.9 Å². The van der Waals surface area contributed by atoms with Crippen molar-refractivity contribution in [2.24, 2.45) is 28.2 Å². The zero-order chi connectivity index (χ0) is 15.9. The molecule has 5 rings (SSSR count). The molecule has 0 radical (unpaired) electrons. The number of benzene rings is 1. The number of fused-ring (bicyclic) bond motifs is 1. The quantitative estimate of drug-likeness (QED) is 0.463. The molecule has 0 N–H and O–H groups in total. The Bertz CT molecular complexity index is 609. The molecule has 4 saturated carbocycles. The van der Waals surface area contributed by atoms with Crippen molar-refractivity contribution in [2.75, 3.05) is 6.54 Å². The lowest BCUT2D eigenvalue weighted by Crippen LogP contribution is -2.36. The van der Waals surface area contributed by atoms with Crippen molar-refractivity contribution in [1.29, 1.82) is 0 Å². The Hall–Kier alpha value is -1.71. The molecule has 1 aromatic carbocycles. The van der Waals surface area contributed by atoms with Gasteiger partial charge in [0, 0.05) is 24.9 Å². The van der Waals surface area contributed by atoms with Gasteiger partial charge >= 0.3 is 0 Å². The molecule has 4 bridgehead atoms. The summed E-state index contributed by atoms with van der Waals surface area (Å²) < 4.78 is 0. The summed E-state index contributed by atoms with van der Waals surface area (Å²) in [5.41, 5.74) is 1.53. The molecule has 0 spiro atoms. The second-order valence-electron chi connectivity index (χ2n) is 8.07. The molecular weight excluding hydrogens is 288 g/mol. The van der Waals surface area contributed by atoms with E-state index in [-0.39, 0.29) is 10.6 Å². The van der Waals surface area contributed by atoms with Crippen LogP contribution in [0.1, 0.15) is 50.5 Å². The van der Waals surface area contributed by atoms with Gasteiger partial charge in [0.05, 0.1) is 4.92 Å². The topological polar surface area (TPSA) is 55.5 Å². The minimum atomic E-state index is -0.361. The first-order chi connectivity index (χ1) is 11.1. The second-order valence-corrected chi connectivity index (χ2v) is 8.07. The zero-order valence-electron chi connectivity index (χ0n) is 13.5. The first-order valence-electron chi connectivity index (χ1n) is 8.86. The van der Waals surface area contributed by atoms with E-state index in [1.165, 1.54) is 44.9 Å². The van der Waals surface area contributed by atoms with Crippen molar-refractivity contribution >= 4 is 11.9 Å². The van der Waals surface area contributed by atoms with E-state index in [0.717, 1.165) is 29.9 Å². The summed E-state index contributed by atoms with van der Waals surface area (Å²) in [5, 5.41) is 10.7. The Morgan fingerprint density at radius 1 is 1.13 bits per heavy atom.